The van der Waals surface area contributed by atoms with E-state index in [1.54, 1.807) is 58.0 Å². The number of ether oxygens (including phenoxy) is 4. The van der Waals surface area contributed by atoms with Crippen molar-refractivity contribution < 1.29 is 38.1 Å². The van der Waals surface area contributed by atoms with Gasteiger partial charge in [0.2, 0.25) is 0 Å². The third-order valence-electron chi connectivity index (χ3n) is 6.41. The predicted octanol–water partition coefficient (Wildman–Crippen LogP) is 4.63. The van der Waals surface area contributed by atoms with Crippen LogP contribution in [0.25, 0.3) is 0 Å². The van der Waals surface area contributed by atoms with Gasteiger partial charge >= 0.3 is 12.1 Å². The van der Waals surface area contributed by atoms with E-state index in [9.17, 15) is 19.2 Å². The summed E-state index contributed by atoms with van der Waals surface area (Å²) in [5.41, 5.74) is 1.66. The Labute approximate surface area is 235 Å². The Morgan fingerprint density at radius 2 is 1.60 bits per heavy atom. The minimum atomic E-state index is -1.08. The number of hydrazine groups is 1. The smallest absolute Gasteiger partial charge is 0.436 e. The van der Waals surface area contributed by atoms with Crippen molar-refractivity contribution in [2.75, 3.05) is 33.5 Å². The number of rotatable bonds is 7. The molecule has 0 N–H and O–H groups in total. The maximum absolute atomic E-state index is 14.0. The quantitative estimate of drug-likeness (QED) is 0.277. The van der Waals surface area contributed by atoms with Crippen molar-refractivity contribution >= 4 is 23.9 Å². The van der Waals surface area contributed by atoms with Crippen molar-refractivity contribution in [3.63, 3.8) is 0 Å². The molecule has 0 radical (unpaired) electrons. The van der Waals surface area contributed by atoms with Crippen molar-refractivity contribution in [3.8, 4) is 5.75 Å². The maximum atomic E-state index is 14.0. The topological polar surface area (TPSA) is 112 Å². The first-order valence-electron chi connectivity index (χ1n) is 13.2. The Kier molecular flexibility index (Phi) is 9.92. The van der Waals surface area contributed by atoms with Crippen LogP contribution in [0.1, 0.15) is 64.6 Å². The molecule has 0 spiro atoms. The Bertz CT molecular complexity index is 1240. The standard InChI is InChI=1S/C30H38N2O8/c1-19-15-20(2)17-23(16-19)26(33)32(30(4,5)6)31(27(34)24-9-8-10-25(37-7)21(24)3)29(36)40-14-13-39-28(35)22-11-12-38-18-22/h8-10,15-17,22H,11-14,18H2,1-7H3. The molecule has 1 aliphatic rings. The van der Waals surface area contributed by atoms with Crippen LogP contribution < -0.4 is 4.74 Å². The number of hydrogen-bond acceptors (Lipinski definition) is 8. The molecule has 1 aliphatic heterocycles. The van der Waals surface area contributed by atoms with E-state index in [-0.39, 0.29) is 24.7 Å². The number of amides is 3. The highest BCUT2D eigenvalue weighted by molar-refractivity contribution is 6.07. The van der Waals surface area contributed by atoms with Gasteiger partial charge in [-0.2, -0.15) is 0 Å². The lowest BCUT2D eigenvalue weighted by Gasteiger charge is -2.41. The maximum Gasteiger partial charge on any atom is 0.436 e. The zero-order chi connectivity index (χ0) is 29.6. The van der Waals surface area contributed by atoms with Gasteiger partial charge in [0.15, 0.2) is 0 Å². The summed E-state index contributed by atoms with van der Waals surface area (Å²) in [5.74, 6) is -1.66. The lowest BCUT2D eigenvalue weighted by molar-refractivity contribution is -0.149. The van der Waals surface area contributed by atoms with E-state index >= 15 is 0 Å². The van der Waals surface area contributed by atoms with Crippen LogP contribution in [0, 0.1) is 26.7 Å². The fraction of sp³-hybridized carbons (Fsp3) is 0.467. The van der Waals surface area contributed by atoms with Crippen LogP contribution in [0.4, 0.5) is 4.79 Å². The van der Waals surface area contributed by atoms with Gasteiger partial charge in [-0.3, -0.25) is 14.4 Å². The first-order chi connectivity index (χ1) is 18.8. The second-order valence-electron chi connectivity index (χ2n) is 10.8. The minimum absolute atomic E-state index is 0.159. The van der Waals surface area contributed by atoms with Gasteiger partial charge in [0.05, 0.1) is 25.2 Å². The second-order valence-corrected chi connectivity index (χ2v) is 10.8. The average Bonchev–Trinajstić information content (AvgIpc) is 3.43. The third-order valence-corrected chi connectivity index (χ3v) is 6.41. The number of nitrogens with zero attached hydrogens (tertiary/aromatic N) is 2. The summed E-state index contributed by atoms with van der Waals surface area (Å²) in [5, 5.41) is 1.82. The Morgan fingerprint density at radius 3 is 2.17 bits per heavy atom. The number of carbonyl (C=O) groups is 4. The minimum Gasteiger partial charge on any atom is -0.496 e. The number of hydrogen-bond donors (Lipinski definition) is 0. The first kappa shape index (κ1) is 30.6. The van der Waals surface area contributed by atoms with Crippen LogP contribution >= 0.6 is 0 Å². The van der Waals surface area contributed by atoms with Gasteiger partial charge in [0.1, 0.15) is 19.0 Å². The number of esters is 1. The lowest BCUT2D eigenvalue weighted by Crippen LogP contribution is -2.60. The molecular weight excluding hydrogens is 516 g/mol. The molecule has 0 saturated carbocycles. The van der Waals surface area contributed by atoms with Crippen LogP contribution in [0.2, 0.25) is 0 Å². The predicted molar refractivity (Wildman–Crippen MR) is 147 cm³/mol. The van der Waals surface area contributed by atoms with Gasteiger partial charge in [-0.15, -0.1) is 5.01 Å². The van der Waals surface area contributed by atoms with E-state index in [0.717, 1.165) is 16.1 Å². The normalized spacial score (nSPS) is 14.8. The van der Waals surface area contributed by atoms with Gasteiger partial charge in [0.25, 0.3) is 11.8 Å². The van der Waals surface area contributed by atoms with E-state index < -0.39 is 29.4 Å². The van der Waals surface area contributed by atoms with Gasteiger partial charge in [-0.25, -0.2) is 9.80 Å². The summed E-state index contributed by atoms with van der Waals surface area (Å²) >= 11 is 0. The molecule has 1 atom stereocenters. The molecule has 3 amide bonds. The van der Waals surface area contributed by atoms with E-state index in [1.807, 2.05) is 19.9 Å². The fourth-order valence-corrected chi connectivity index (χ4v) is 4.52. The Morgan fingerprint density at radius 1 is 0.950 bits per heavy atom. The van der Waals surface area contributed by atoms with Crippen molar-refractivity contribution in [3.05, 3.63) is 64.2 Å². The molecule has 2 aromatic carbocycles. The van der Waals surface area contributed by atoms with Crippen LogP contribution in [-0.4, -0.2) is 73.0 Å². The highest BCUT2D eigenvalue weighted by Crippen LogP contribution is 2.27. The number of carbonyl (C=O) groups excluding carboxylic acids is 4. The summed E-state index contributed by atoms with van der Waals surface area (Å²) in [6, 6.07) is 10.2. The molecule has 0 aliphatic carbocycles. The molecule has 3 rings (SSSR count). The molecule has 216 valence electrons. The molecule has 0 aromatic heterocycles. The van der Waals surface area contributed by atoms with Crippen LogP contribution in [0.5, 0.6) is 5.75 Å². The molecule has 1 saturated heterocycles. The fourth-order valence-electron chi connectivity index (χ4n) is 4.52. The number of aryl methyl sites for hydroxylation is 2. The molecular formula is C30H38N2O8. The van der Waals surface area contributed by atoms with Crippen molar-refractivity contribution in [1.29, 1.82) is 0 Å². The Hall–Kier alpha value is -3.92. The summed E-state index contributed by atoms with van der Waals surface area (Å²) in [4.78, 5) is 53.8. The van der Waals surface area contributed by atoms with Crippen molar-refractivity contribution in [2.24, 2.45) is 5.92 Å². The number of imide groups is 1. The van der Waals surface area contributed by atoms with Gasteiger partial charge in [-0.05, 0) is 72.2 Å². The van der Waals surface area contributed by atoms with Gasteiger partial charge < -0.3 is 18.9 Å². The summed E-state index contributed by atoms with van der Waals surface area (Å²) in [6.07, 6.45) is -0.512. The SMILES string of the molecule is COc1cccc(C(=O)N(C(=O)OCCOC(=O)C2CCOC2)N(C(=O)c2cc(C)cc(C)c2)C(C)(C)C)c1C. The van der Waals surface area contributed by atoms with E-state index in [0.29, 0.717) is 41.5 Å². The number of methoxy groups -OCH3 is 1. The van der Waals surface area contributed by atoms with Gasteiger partial charge in [0, 0.05) is 23.3 Å². The molecule has 0 bridgehead atoms. The van der Waals surface area contributed by atoms with Crippen LogP contribution in [0.15, 0.2) is 36.4 Å². The van der Waals surface area contributed by atoms with Gasteiger partial charge in [-0.1, -0.05) is 23.3 Å². The summed E-state index contributed by atoms with van der Waals surface area (Å²) in [7, 11) is 1.48. The van der Waals surface area contributed by atoms with Crippen molar-refractivity contribution in [2.45, 2.75) is 53.5 Å². The molecule has 1 heterocycles. The third kappa shape index (κ3) is 7.18. The number of benzene rings is 2. The second kappa shape index (κ2) is 13.0. The molecule has 1 fully saturated rings. The van der Waals surface area contributed by atoms with E-state index in [4.69, 9.17) is 18.9 Å². The zero-order valence-electron chi connectivity index (χ0n) is 24.2. The lowest BCUT2D eigenvalue weighted by atomic mass is 10.0. The summed E-state index contributed by atoms with van der Waals surface area (Å²) in [6.45, 7) is 10.8. The monoisotopic (exact) mass is 554 g/mol. The molecule has 10 nitrogen and oxygen atoms in total. The van der Waals surface area contributed by atoms with E-state index in [2.05, 4.69) is 0 Å². The highest BCUT2D eigenvalue weighted by atomic mass is 16.6. The largest absolute Gasteiger partial charge is 0.496 e. The average molecular weight is 555 g/mol. The highest BCUT2D eigenvalue weighted by Gasteiger charge is 2.41. The molecule has 2 aromatic rings. The first-order valence-corrected chi connectivity index (χ1v) is 13.2. The zero-order valence-corrected chi connectivity index (χ0v) is 24.2. The molecule has 10 heteroatoms. The molecule has 40 heavy (non-hydrogen) atoms. The van der Waals surface area contributed by atoms with Crippen LogP contribution in [-0.2, 0) is 19.0 Å². The molecule has 1 unspecified atom stereocenters. The van der Waals surface area contributed by atoms with Crippen LogP contribution in [0.3, 0.4) is 0 Å². The van der Waals surface area contributed by atoms with E-state index in [1.165, 1.54) is 7.11 Å². The summed E-state index contributed by atoms with van der Waals surface area (Å²) < 4.78 is 21.2. The Balaban J connectivity index is 1.95. The van der Waals surface area contributed by atoms with Crippen molar-refractivity contribution in [1.82, 2.24) is 10.0 Å².